The van der Waals surface area contributed by atoms with Crippen LogP contribution in [0.5, 0.6) is 5.75 Å². The molecule has 1 aliphatic heterocycles. The van der Waals surface area contributed by atoms with Crippen molar-refractivity contribution in [2.75, 3.05) is 13.4 Å². The number of carbonyl (C=O) groups excluding carboxylic acids is 2. The molecule has 0 spiro atoms. The van der Waals surface area contributed by atoms with Crippen molar-refractivity contribution in [3.05, 3.63) is 59.7 Å². The van der Waals surface area contributed by atoms with Crippen LogP contribution >= 0.6 is 0 Å². The average molecular weight is 358 g/mol. The second-order valence-corrected chi connectivity index (χ2v) is 7.47. The minimum atomic E-state index is -3.35. The fraction of sp³-hybridized carbons (Fsp3) is 0.111. The molecular weight excluding hydrogens is 344 g/mol. The summed E-state index contributed by atoms with van der Waals surface area (Å²) in [6.07, 6.45) is 1.09. The zero-order valence-electron chi connectivity index (χ0n) is 13.5. The van der Waals surface area contributed by atoms with E-state index >= 15 is 0 Å². The Labute approximate surface area is 144 Å². The Morgan fingerprint density at radius 1 is 0.800 bits per heavy atom. The smallest absolute Gasteiger partial charge is 0.347 e. The largest absolute Gasteiger partial charge is 0.497 e. The Morgan fingerprint density at radius 3 is 1.64 bits per heavy atom. The lowest BCUT2D eigenvalue weighted by Gasteiger charge is -2.05. The lowest BCUT2D eigenvalue weighted by molar-refractivity contribution is -0.149. The summed E-state index contributed by atoms with van der Waals surface area (Å²) in [5, 5.41) is 0. The van der Waals surface area contributed by atoms with Gasteiger partial charge in [0.25, 0.3) is 0 Å². The number of methoxy groups -OCH3 is 1. The molecule has 2 aromatic carbocycles. The number of esters is 2. The van der Waals surface area contributed by atoms with E-state index in [0.29, 0.717) is 16.9 Å². The number of sulfone groups is 1. The van der Waals surface area contributed by atoms with Gasteiger partial charge in [-0.2, -0.15) is 0 Å². The second kappa shape index (κ2) is 6.18. The molecule has 0 saturated heterocycles. The van der Waals surface area contributed by atoms with Crippen LogP contribution in [0.15, 0.2) is 53.4 Å². The average Bonchev–Trinajstić information content (AvgIpc) is 2.88. The quantitative estimate of drug-likeness (QED) is 0.614. The van der Waals surface area contributed by atoms with Crippen molar-refractivity contribution in [1.82, 2.24) is 0 Å². The van der Waals surface area contributed by atoms with Gasteiger partial charge in [0.2, 0.25) is 0 Å². The summed E-state index contributed by atoms with van der Waals surface area (Å²) in [5.41, 5.74) is 1.17. The highest BCUT2D eigenvalue weighted by molar-refractivity contribution is 7.90. The molecule has 3 rings (SSSR count). The van der Waals surface area contributed by atoms with E-state index in [1.807, 2.05) is 0 Å². The van der Waals surface area contributed by atoms with Gasteiger partial charge in [0.15, 0.2) is 9.84 Å². The predicted molar refractivity (Wildman–Crippen MR) is 90.5 cm³/mol. The first-order chi connectivity index (χ1) is 11.8. The molecule has 0 bridgehead atoms. The molecule has 0 aromatic heterocycles. The minimum Gasteiger partial charge on any atom is -0.497 e. The zero-order chi connectivity index (χ0) is 18.2. The van der Waals surface area contributed by atoms with Gasteiger partial charge in [-0.15, -0.1) is 0 Å². The van der Waals surface area contributed by atoms with Crippen molar-refractivity contribution in [3.8, 4) is 5.75 Å². The Hall–Kier alpha value is -2.93. The Balaban J connectivity index is 2.13. The van der Waals surface area contributed by atoms with Crippen LogP contribution in [0.4, 0.5) is 0 Å². The highest BCUT2D eigenvalue weighted by atomic mass is 32.2. The van der Waals surface area contributed by atoms with Crippen molar-refractivity contribution in [2.45, 2.75) is 4.90 Å². The maximum atomic E-state index is 12.1. The van der Waals surface area contributed by atoms with E-state index in [-0.39, 0.29) is 16.0 Å². The highest BCUT2D eigenvalue weighted by Crippen LogP contribution is 2.34. The first-order valence-corrected chi connectivity index (χ1v) is 9.16. The highest BCUT2D eigenvalue weighted by Gasteiger charge is 2.34. The molecule has 0 aliphatic carbocycles. The molecule has 6 nitrogen and oxygen atoms in total. The summed E-state index contributed by atoms with van der Waals surface area (Å²) >= 11 is 0. The SMILES string of the molecule is COc1ccc(C2=C(c3ccc(S(C)(=O)=O)cc3)C(=O)OC2=O)cc1. The van der Waals surface area contributed by atoms with Crippen LogP contribution in [0, 0.1) is 0 Å². The third-order valence-corrected chi connectivity index (χ3v) is 4.92. The van der Waals surface area contributed by atoms with Crippen LogP contribution in [0.3, 0.4) is 0 Å². The molecule has 7 heteroatoms. The summed E-state index contributed by atoms with van der Waals surface area (Å²) in [6, 6.07) is 12.4. The van der Waals surface area contributed by atoms with E-state index in [4.69, 9.17) is 9.47 Å². The van der Waals surface area contributed by atoms with Crippen molar-refractivity contribution in [1.29, 1.82) is 0 Å². The molecule has 0 amide bonds. The zero-order valence-corrected chi connectivity index (χ0v) is 14.3. The van der Waals surface area contributed by atoms with Gasteiger partial charge in [-0.25, -0.2) is 18.0 Å². The molecule has 128 valence electrons. The number of ether oxygens (including phenoxy) is 2. The molecule has 25 heavy (non-hydrogen) atoms. The van der Waals surface area contributed by atoms with Crippen LogP contribution < -0.4 is 4.74 Å². The molecule has 0 saturated carbocycles. The topological polar surface area (TPSA) is 86.7 Å². The molecule has 0 radical (unpaired) electrons. The molecule has 1 heterocycles. The molecule has 0 unspecified atom stereocenters. The van der Waals surface area contributed by atoms with E-state index in [9.17, 15) is 18.0 Å². The maximum absolute atomic E-state index is 12.1. The monoisotopic (exact) mass is 358 g/mol. The fourth-order valence-electron chi connectivity index (χ4n) is 2.54. The van der Waals surface area contributed by atoms with Gasteiger partial charge >= 0.3 is 11.9 Å². The third-order valence-electron chi connectivity index (χ3n) is 3.79. The standard InChI is InChI=1S/C18H14O6S/c1-23-13-7-3-11(4-8-13)15-16(18(20)24-17(15)19)12-5-9-14(10-6-12)25(2,21)22/h3-10H,1-2H3. The normalized spacial score (nSPS) is 14.6. The summed E-state index contributed by atoms with van der Waals surface area (Å²) in [5.74, 6) is -0.888. The van der Waals surface area contributed by atoms with Crippen LogP contribution in [0.1, 0.15) is 11.1 Å². The van der Waals surface area contributed by atoms with Gasteiger partial charge < -0.3 is 9.47 Å². The van der Waals surface area contributed by atoms with Crippen LogP contribution in [-0.4, -0.2) is 33.7 Å². The van der Waals surface area contributed by atoms with Crippen LogP contribution in [0.25, 0.3) is 11.1 Å². The first-order valence-electron chi connectivity index (χ1n) is 7.27. The van der Waals surface area contributed by atoms with E-state index in [0.717, 1.165) is 6.26 Å². The number of rotatable bonds is 4. The minimum absolute atomic E-state index is 0.107. The summed E-state index contributed by atoms with van der Waals surface area (Å²) in [6.45, 7) is 0. The first kappa shape index (κ1) is 16.9. The van der Waals surface area contributed by atoms with E-state index in [1.54, 1.807) is 24.3 Å². The third kappa shape index (κ3) is 3.18. The van der Waals surface area contributed by atoms with Crippen LogP contribution in [-0.2, 0) is 24.2 Å². The number of cyclic esters (lactones) is 2. The Bertz CT molecular complexity index is 983. The van der Waals surface area contributed by atoms with E-state index in [2.05, 4.69) is 0 Å². The lowest BCUT2D eigenvalue weighted by atomic mass is 9.96. The summed E-state index contributed by atoms with van der Waals surface area (Å²) in [4.78, 5) is 24.4. The number of hydrogen-bond acceptors (Lipinski definition) is 6. The van der Waals surface area contributed by atoms with Gasteiger partial charge in [-0.1, -0.05) is 24.3 Å². The Kier molecular flexibility index (Phi) is 4.18. The van der Waals surface area contributed by atoms with Crippen molar-refractivity contribution in [2.24, 2.45) is 0 Å². The maximum Gasteiger partial charge on any atom is 0.347 e. The number of benzene rings is 2. The van der Waals surface area contributed by atoms with Gasteiger partial charge in [0.05, 0.1) is 23.2 Å². The van der Waals surface area contributed by atoms with Crippen molar-refractivity contribution < 1.29 is 27.5 Å². The van der Waals surface area contributed by atoms with E-state index < -0.39 is 21.8 Å². The number of hydrogen-bond donors (Lipinski definition) is 0. The predicted octanol–water partition coefficient (Wildman–Crippen LogP) is 2.09. The Morgan fingerprint density at radius 2 is 1.24 bits per heavy atom. The summed E-state index contributed by atoms with van der Waals surface area (Å²) in [7, 11) is -1.83. The second-order valence-electron chi connectivity index (χ2n) is 5.45. The number of carbonyl (C=O) groups is 2. The fourth-order valence-corrected chi connectivity index (χ4v) is 3.17. The van der Waals surface area contributed by atoms with E-state index in [1.165, 1.54) is 31.4 Å². The molecule has 0 fully saturated rings. The van der Waals surface area contributed by atoms with Crippen molar-refractivity contribution in [3.63, 3.8) is 0 Å². The van der Waals surface area contributed by atoms with Gasteiger partial charge in [-0.05, 0) is 35.4 Å². The molecule has 0 atom stereocenters. The lowest BCUT2D eigenvalue weighted by Crippen LogP contribution is -2.02. The van der Waals surface area contributed by atoms with Gasteiger partial charge in [0, 0.05) is 6.26 Å². The molecule has 2 aromatic rings. The molecule has 0 N–H and O–H groups in total. The molecule has 1 aliphatic rings. The van der Waals surface area contributed by atoms with Gasteiger partial charge in [-0.3, -0.25) is 0 Å². The van der Waals surface area contributed by atoms with Gasteiger partial charge in [0.1, 0.15) is 5.75 Å². The summed E-state index contributed by atoms with van der Waals surface area (Å²) < 4.78 is 32.9. The molecular formula is C18H14O6S. The van der Waals surface area contributed by atoms with Crippen molar-refractivity contribution >= 4 is 32.9 Å². The van der Waals surface area contributed by atoms with Crippen LogP contribution in [0.2, 0.25) is 0 Å².